The second-order valence-corrected chi connectivity index (χ2v) is 7.33. The number of ether oxygens (including phenoxy) is 2. The normalized spacial score (nSPS) is 25.5. The Morgan fingerprint density at radius 2 is 1.96 bits per heavy atom. The van der Waals surface area contributed by atoms with Crippen LogP contribution < -0.4 is 5.32 Å². The molecule has 1 heterocycles. The Labute approximate surface area is 140 Å². The first-order chi connectivity index (χ1) is 11.3. The number of carbonyl (C=O) groups excluding carboxylic acids is 1. The zero-order valence-corrected chi connectivity index (χ0v) is 14.3. The second-order valence-electron chi connectivity index (χ2n) is 7.33. The van der Waals surface area contributed by atoms with Crippen LogP contribution in [0.2, 0.25) is 0 Å². The van der Waals surface area contributed by atoms with Gasteiger partial charge >= 0.3 is 6.03 Å². The number of nitrogens with zero attached hydrogens (tertiary/aromatic N) is 1. The smallest absolute Gasteiger partial charge is 0.317 e. The van der Waals surface area contributed by atoms with Gasteiger partial charge in [-0.25, -0.2) is 4.79 Å². The van der Waals surface area contributed by atoms with E-state index < -0.39 is 0 Å². The van der Waals surface area contributed by atoms with Gasteiger partial charge in [-0.3, -0.25) is 0 Å². The van der Waals surface area contributed by atoms with Crippen LogP contribution in [0.4, 0.5) is 4.79 Å². The van der Waals surface area contributed by atoms with Gasteiger partial charge in [0.05, 0.1) is 12.7 Å². The highest BCUT2D eigenvalue weighted by Gasteiger charge is 2.34. The van der Waals surface area contributed by atoms with E-state index in [9.17, 15) is 4.79 Å². The van der Waals surface area contributed by atoms with Gasteiger partial charge in [-0.2, -0.15) is 0 Å². The van der Waals surface area contributed by atoms with Crippen LogP contribution in [0.5, 0.6) is 0 Å². The van der Waals surface area contributed by atoms with E-state index in [1.807, 2.05) is 4.90 Å². The molecule has 2 aliphatic carbocycles. The molecule has 0 aromatic heterocycles. The van der Waals surface area contributed by atoms with Crippen LogP contribution in [0, 0.1) is 5.92 Å². The average Bonchev–Trinajstić information content (AvgIpc) is 3.29. The molecule has 2 amide bonds. The van der Waals surface area contributed by atoms with Crippen molar-refractivity contribution in [1.29, 1.82) is 0 Å². The predicted octanol–water partition coefficient (Wildman–Crippen LogP) is 2.94. The molecule has 1 unspecified atom stereocenters. The van der Waals surface area contributed by atoms with Crippen molar-refractivity contribution in [3.8, 4) is 0 Å². The van der Waals surface area contributed by atoms with Crippen molar-refractivity contribution in [2.45, 2.75) is 69.9 Å². The lowest BCUT2D eigenvalue weighted by Gasteiger charge is -2.25. The zero-order chi connectivity index (χ0) is 15.9. The first-order valence-electron chi connectivity index (χ1n) is 9.57. The summed E-state index contributed by atoms with van der Waals surface area (Å²) in [5.41, 5.74) is 0. The third kappa shape index (κ3) is 5.64. The minimum Gasteiger partial charge on any atom is -0.381 e. The van der Waals surface area contributed by atoms with Gasteiger partial charge in [0, 0.05) is 38.3 Å². The first kappa shape index (κ1) is 17.0. The van der Waals surface area contributed by atoms with E-state index in [-0.39, 0.29) is 6.03 Å². The molecule has 0 spiro atoms. The molecule has 5 heteroatoms. The van der Waals surface area contributed by atoms with Gasteiger partial charge in [-0.1, -0.05) is 19.3 Å². The highest BCUT2D eigenvalue weighted by molar-refractivity contribution is 5.74. The lowest BCUT2D eigenvalue weighted by molar-refractivity contribution is 0.0274. The van der Waals surface area contributed by atoms with Gasteiger partial charge in [-0.15, -0.1) is 0 Å². The topological polar surface area (TPSA) is 50.8 Å². The van der Waals surface area contributed by atoms with E-state index >= 15 is 0 Å². The lowest BCUT2D eigenvalue weighted by atomic mass is 9.98. The van der Waals surface area contributed by atoms with Gasteiger partial charge in [0.1, 0.15) is 0 Å². The fraction of sp³-hybridized carbons (Fsp3) is 0.944. The quantitative estimate of drug-likeness (QED) is 0.698. The number of carbonyl (C=O) groups is 1. The molecule has 0 bridgehead atoms. The maximum atomic E-state index is 12.4. The van der Waals surface area contributed by atoms with Crippen molar-refractivity contribution in [1.82, 2.24) is 10.2 Å². The summed E-state index contributed by atoms with van der Waals surface area (Å²) < 4.78 is 11.3. The highest BCUT2D eigenvalue weighted by Crippen LogP contribution is 2.29. The zero-order valence-electron chi connectivity index (χ0n) is 14.3. The summed E-state index contributed by atoms with van der Waals surface area (Å²) in [6, 6.07) is 0.575. The van der Waals surface area contributed by atoms with Crippen LogP contribution in [-0.2, 0) is 9.47 Å². The minimum absolute atomic E-state index is 0.108. The van der Waals surface area contributed by atoms with Gasteiger partial charge in [0.25, 0.3) is 0 Å². The number of amides is 2. The first-order valence-corrected chi connectivity index (χ1v) is 9.57. The number of hydrogen-bond acceptors (Lipinski definition) is 3. The van der Waals surface area contributed by atoms with Crippen LogP contribution >= 0.6 is 0 Å². The monoisotopic (exact) mass is 324 g/mol. The molecule has 2 saturated carbocycles. The van der Waals surface area contributed by atoms with Crippen molar-refractivity contribution < 1.29 is 14.3 Å². The third-order valence-corrected chi connectivity index (χ3v) is 5.23. The predicted molar refractivity (Wildman–Crippen MR) is 89.5 cm³/mol. The summed E-state index contributed by atoms with van der Waals surface area (Å²) in [6.07, 6.45) is 11.2. The Kier molecular flexibility index (Phi) is 6.57. The maximum absolute atomic E-state index is 12.4. The Balaban J connectivity index is 1.29. The maximum Gasteiger partial charge on any atom is 0.317 e. The Hall–Kier alpha value is -0.810. The van der Waals surface area contributed by atoms with E-state index in [0.717, 1.165) is 58.6 Å². The molecule has 1 saturated heterocycles. The molecule has 0 aromatic rings. The SMILES string of the molecule is O=C(NCCCOC1CCCCC1)N(CC1CCOC1)C1CC1. The molecule has 3 fully saturated rings. The number of hydrogen-bond donors (Lipinski definition) is 1. The average molecular weight is 324 g/mol. The summed E-state index contributed by atoms with van der Waals surface area (Å²) in [5.74, 6) is 0.524. The molecule has 0 radical (unpaired) electrons. The molecule has 132 valence electrons. The molecule has 1 aliphatic heterocycles. The molecule has 23 heavy (non-hydrogen) atoms. The number of nitrogens with one attached hydrogen (secondary N) is 1. The number of rotatable bonds is 8. The molecule has 3 rings (SSSR count). The fourth-order valence-electron chi connectivity index (χ4n) is 3.64. The van der Waals surface area contributed by atoms with Gasteiger partial charge < -0.3 is 19.7 Å². The van der Waals surface area contributed by atoms with E-state index in [2.05, 4.69) is 5.32 Å². The molecule has 3 aliphatic rings. The van der Waals surface area contributed by atoms with Gasteiger partial charge in [0.2, 0.25) is 0 Å². The number of urea groups is 1. The van der Waals surface area contributed by atoms with E-state index in [0.29, 0.717) is 18.1 Å². The Morgan fingerprint density at radius 3 is 2.65 bits per heavy atom. The third-order valence-electron chi connectivity index (χ3n) is 5.23. The fourth-order valence-corrected chi connectivity index (χ4v) is 3.64. The van der Waals surface area contributed by atoms with Crippen molar-refractivity contribution >= 4 is 6.03 Å². The van der Waals surface area contributed by atoms with Crippen LogP contribution in [0.25, 0.3) is 0 Å². The molecule has 1 N–H and O–H groups in total. The Bertz CT molecular complexity index is 361. The minimum atomic E-state index is 0.108. The van der Waals surface area contributed by atoms with Crippen molar-refractivity contribution in [2.75, 3.05) is 32.9 Å². The van der Waals surface area contributed by atoms with Crippen molar-refractivity contribution in [3.63, 3.8) is 0 Å². The summed E-state index contributed by atoms with van der Waals surface area (Å²) >= 11 is 0. The standard InChI is InChI=1S/C18H32N2O3/c21-18(19-10-4-11-23-17-5-2-1-3-6-17)20(16-7-8-16)13-15-9-12-22-14-15/h15-17H,1-14H2,(H,19,21). The summed E-state index contributed by atoms with van der Waals surface area (Å²) in [7, 11) is 0. The summed E-state index contributed by atoms with van der Waals surface area (Å²) in [6.45, 7) is 4.00. The van der Waals surface area contributed by atoms with E-state index in [1.54, 1.807) is 0 Å². The van der Waals surface area contributed by atoms with Gasteiger partial charge in [-0.05, 0) is 38.5 Å². The van der Waals surface area contributed by atoms with Crippen LogP contribution in [0.1, 0.15) is 57.8 Å². The van der Waals surface area contributed by atoms with Crippen LogP contribution in [0.15, 0.2) is 0 Å². The van der Waals surface area contributed by atoms with Crippen LogP contribution in [0.3, 0.4) is 0 Å². The van der Waals surface area contributed by atoms with Gasteiger partial charge in [0.15, 0.2) is 0 Å². The molecule has 5 nitrogen and oxygen atoms in total. The Morgan fingerprint density at radius 1 is 1.13 bits per heavy atom. The molecular formula is C18H32N2O3. The summed E-state index contributed by atoms with van der Waals surface area (Å²) in [4.78, 5) is 14.5. The molecule has 0 aromatic carbocycles. The second kappa shape index (κ2) is 8.88. The van der Waals surface area contributed by atoms with E-state index in [4.69, 9.17) is 9.47 Å². The summed E-state index contributed by atoms with van der Waals surface area (Å²) in [5, 5.41) is 3.08. The lowest BCUT2D eigenvalue weighted by Crippen LogP contribution is -2.44. The molecule has 1 atom stereocenters. The molecular weight excluding hydrogens is 292 g/mol. The van der Waals surface area contributed by atoms with Crippen molar-refractivity contribution in [2.24, 2.45) is 5.92 Å². The van der Waals surface area contributed by atoms with Crippen molar-refractivity contribution in [3.05, 3.63) is 0 Å². The largest absolute Gasteiger partial charge is 0.381 e. The van der Waals surface area contributed by atoms with Crippen LogP contribution in [-0.4, -0.2) is 56.0 Å². The highest BCUT2D eigenvalue weighted by atomic mass is 16.5. The van der Waals surface area contributed by atoms with E-state index in [1.165, 1.54) is 32.1 Å².